The van der Waals surface area contributed by atoms with E-state index in [9.17, 15) is 0 Å². The van der Waals surface area contributed by atoms with Gasteiger partial charge in [-0.15, -0.1) is 0 Å². The zero-order chi connectivity index (χ0) is 32.3. The molecule has 228 valence electrons. The zero-order valence-electron chi connectivity index (χ0n) is 26.3. The molecule has 0 radical (unpaired) electrons. The van der Waals surface area contributed by atoms with Gasteiger partial charge in [0.2, 0.25) is 0 Å². The van der Waals surface area contributed by atoms with Crippen molar-refractivity contribution in [3.05, 3.63) is 164 Å². The van der Waals surface area contributed by atoms with Crippen molar-refractivity contribution in [3.63, 3.8) is 0 Å². The summed E-state index contributed by atoms with van der Waals surface area (Å²) in [5.74, 6) is 1.93. The summed E-state index contributed by atoms with van der Waals surface area (Å²) in [7, 11) is 0. The average Bonchev–Trinajstić information content (AvgIpc) is 3.54. The van der Waals surface area contributed by atoms with Gasteiger partial charge in [-0.2, -0.15) is 0 Å². The third kappa shape index (κ3) is 4.73. The van der Waals surface area contributed by atoms with Gasteiger partial charge in [-0.05, 0) is 79.8 Å². The topological polar surface area (TPSA) is 51.8 Å². The highest BCUT2D eigenvalue weighted by atomic mass is 16.3. The molecule has 0 saturated heterocycles. The van der Waals surface area contributed by atoms with Crippen molar-refractivity contribution in [1.82, 2.24) is 15.0 Å². The van der Waals surface area contributed by atoms with E-state index in [0.29, 0.717) is 17.5 Å². The molecule has 0 aliphatic heterocycles. The SMILES string of the molecule is c1ccc(-c2nc(-c3cccc(-c4ccc5ccc6cc7oc8ccccc8c7cc6c5c4)c3)nc(-c3ccc4ccccc4c3)n2)cc1. The predicted molar refractivity (Wildman–Crippen MR) is 201 cm³/mol. The van der Waals surface area contributed by atoms with Crippen LogP contribution in [0.25, 0.3) is 99.5 Å². The van der Waals surface area contributed by atoms with Crippen LogP contribution in [0.15, 0.2) is 168 Å². The quantitative estimate of drug-likeness (QED) is 0.183. The Morgan fingerprint density at radius 3 is 1.76 bits per heavy atom. The van der Waals surface area contributed by atoms with Crippen LogP contribution in [0.1, 0.15) is 0 Å². The van der Waals surface area contributed by atoms with E-state index in [1.54, 1.807) is 0 Å². The van der Waals surface area contributed by atoms with Gasteiger partial charge in [-0.3, -0.25) is 0 Å². The maximum absolute atomic E-state index is 6.20. The van der Waals surface area contributed by atoms with E-state index in [2.05, 4.69) is 121 Å². The third-order valence-electron chi connectivity index (χ3n) is 9.46. The van der Waals surface area contributed by atoms with Crippen molar-refractivity contribution in [2.45, 2.75) is 0 Å². The van der Waals surface area contributed by atoms with Crippen LogP contribution in [0.3, 0.4) is 0 Å². The predicted octanol–water partition coefficient (Wildman–Crippen LogP) is 11.9. The van der Waals surface area contributed by atoms with E-state index in [4.69, 9.17) is 19.4 Å². The Morgan fingerprint density at radius 2 is 0.878 bits per heavy atom. The Hall–Kier alpha value is -6.65. The number of hydrogen-bond acceptors (Lipinski definition) is 4. The molecule has 10 aromatic rings. The molecule has 4 nitrogen and oxygen atoms in total. The summed E-state index contributed by atoms with van der Waals surface area (Å²) in [5.41, 5.74) is 6.89. The first kappa shape index (κ1) is 27.5. The first-order valence-electron chi connectivity index (χ1n) is 16.4. The lowest BCUT2D eigenvalue weighted by atomic mass is 9.95. The Balaban J connectivity index is 1.12. The molecule has 0 unspecified atom stereocenters. The van der Waals surface area contributed by atoms with E-state index in [-0.39, 0.29) is 0 Å². The molecule has 0 atom stereocenters. The highest BCUT2D eigenvalue weighted by Gasteiger charge is 2.15. The van der Waals surface area contributed by atoms with Crippen molar-refractivity contribution >= 4 is 54.3 Å². The molecule has 0 spiro atoms. The van der Waals surface area contributed by atoms with E-state index >= 15 is 0 Å². The van der Waals surface area contributed by atoms with Crippen molar-refractivity contribution in [3.8, 4) is 45.3 Å². The second kappa shape index (κ2) is 11.0. The standard InChI is InChI=1S/C45H27N3O/c1-2-10-30(11-3-1)43-46-44(48-45(47-43)36-22-17-28-9-4-5-12-31(28)23-36)35-14-8-13-32(24-35)33-20-18-29-19-21-34-26-42-40(27-39(34)38(29)25-33)37-15-6-7-16-41(37)49-42/h1-27H. The largest absolute Gasteiger partial charge is 0.456 e. The molecule has 8 aromatic carbocycles. The molecule has 0 bridgehead atoms. The van der Waals surface area contributed by atoms with Crippen LogP contribution in [0.2, 0.25) is 0 Å². The number of furan rings is 1. The molecule has 0 saturated carbocycles. The van der Waals surface area contributed by atoms with E-state index in [0.717, 1.165) is 60.5 Å². The van der Waals surface area contributed by atoms with Crippen LogP contribution in [0.4, 0.5) is 0 Å². The molecule has 10 rings (SSSR count). The minimum Gasteiger partial charge on any atom is -0.456 e. The fraction of sp³-hybridized carbons (Fsp3) is 0. The monoisotopic (exact) mass is 625 g/mol. The molecule has 0 fully saturated rings. The summed E-state index contributed by atoms with van der Waals surface area (Å²) in [6, 6.07) is 57.1. The van der Waals surface area contributed by atoms with Crippen molar-refractivity contribution in [2.75, 3.05) is 0 Å². The lowest BCUT2D eigenvalue weighted by Crippen LogP contribution is -2.00. The molecule has 0 amide bonds. The summed E-state index contributed by atoms with van der Waals surface area (Å²) < 4.78 is 6.20. The normalized spacial score (nSPS) is 11.7. The highest BCUT2D eigenvalue weighted by Crippen LogP contribution is 2.37. The van der Waals surface area contributed by atoms with Gasteiger partial charge >= 0.3 is 0 Å². The van der Waals surface area contributed by atoms with Gasteiger partial charge in [-0.25, -0.2) is 15.0 Å². The Labute approximate surface area is 282 Å². The van der Waals surface area contributed by atoms with Crippen LogP contribution in [0.5, 0.6) is 0 Å². The van der Waals surface area contributed by atoms with Crippen molar-refractivity contribution in [1.29, 1.82) is 0 Å². The second-order valence-corrected chi connectivity index (χ2v) is 12.5. The lowest BCUT2D eigenvalue weighted by molar-refractivity contribution is 0.669. The Kier molecular flexibility index (Phi) is 6.15. The van der Waals surface area contributed by atoms with Crippen LogP contribution >= 0.6 is 0 Å². The average molecular weight is 626 g/mol. The summed E-state index contributed by atoms with van der Waals surface area (Å²) in [6.07, 6.45) is 0. The van der Waals surface area contributed by atoms with Gasteiger partial charge in [-0.1, -0.05) is 127 Å². The van der Waals surface area contributed by atoms with Gasteiger partial charge in [0.25, 0.3) is 0 Å². The van der Waals surface area contributed by atoms with Crippen molar-refractivity contribution in [2.24, 2.45) is 0 Å². The van der Waals surface area contributed by atoms with Crippen LogP contribution in [0, 0.1) is 0 Å². The zero-order valence-corrected chi connectivity index (χ0v) is 26.3. The van der Waals surface area contributed by atoms with Crippen LogP contribution in [-0.4, -0.2) is 15.0 Å². The molecule has 0 aliphatic carbocycles. The summed E-state index contributed by atoms with van der Waals surface area (Å²) in [6.45, 7) is 0. The van der Waals surface area contributed by atoms with Gasteiger partial charge in [0.15, 0.2) is 17.5 Å². The van der Waals surface area contributed by atoms with Gasteiger partial charge in [0, 0.05) is 27.5 Å². The second-order valence-electron chi connectivity index (χ2n) is 12.5. The first-order chi connectivity index (χ1) is 24.2. The van der Waals surface area contributed by atoms with Crippen molar-refractivity contribution < 1.29 is 4.42 Å². The number of benzene rings is 8. The van der Waals surface area contributed by atoms with E-state index in [1.807, 2.05) is 42.5 Å². The number of fused-ring (bicyclic) bond motifs is 7. The Morgan fingerprint density at radius 1 is 0.286 bits per heavy atom. The number of aromatic nitrogens is 3. The summed E-state index contributed by atoms with van der Waals surface area (Å²) >= 11 is 0. The fourth-order valence-electron chi connectivity index (χ4n) is 6.97. The lowest BCUT2D eigenvalue weighted by Gasteiger charge is -2.11. The molecule has 4 heteroatoms. The molecule has 2 heterocycles. The summed E-state index contributed by atoms with van der Waals surface area (Å²) in [5, 5.41) is 9.37. The summed E-state index contributed by atoms with van der Waals surface area (Å²) in [4.78, 5) is 15.0. The number of hydrogen-bond donors (Lipinski definition) is 0. The molecular weight excluding hydrogens is 599 g/mol. The third-order valence-corrected chi connectivity index (χ3v) is 9.46. The molecular formula is C45H27N3O. The smallest absolute Gasteiger partial charge is 0.164 e. The maximum Gasteiger partial charge on any atom is 0.164 e. The molecule has 49 heavy (non-hydrogen) atoms. The number of rotatable bonds is 4. The first-order valence-corrected chi connectivity index (χ1v) is 16.4. The van der Waals surface area contributed by atoms with Gasteiger partial charge < -0.3 is 4.42 Å². The van der Waals surface area contributed by atoms with Crippen LogP contribution in [-0.2, 0) is 0 Å². The Bertz CT molecular complexity index is 2890. The minimum atomic E-state index is 0.638. The van der Waals surface area contributed by atoms with Crippen LogP contribution < -0.4 is 0 Å². The minimum absolute atomic E-state index is 0.638. The molecule has 0 aliphatic rings. The highest BCUT2D eigenvalue weighted by molar-refractivity contribution is 6.16. The maximum atomic E-state index is 6.20. The van der Waals surface area contributed by atoms with Gasteiger partial charge in [0.05, 0.1) is 0 Å². The van der Waals surface area contributed by atoms with Gasteiger partial charge in [0.1, 0.15) is 11.2 Å². The molecule has 0 N–H and O–H groups in total. The fourth-order valence-corrected chi connectivity index (χ4v) is 6.97. The van der Waals surface area contributed by atoms with E-state index in [1.165, 1.54) is 21.5 Å². The molecule has 2 aromatic heterocycles. The number of para-hydroxylation sites is 1. The number of nitrogens with zero attached hydrogens (tertiary/aromatic N) is 3. The van der Waals surface area contributed by atoms with E-state index < -0.39 is 0 Å².